The van der Waals surface area contributed by atoms with Gasteiger partial charge in [-0.3, -0.25) is 4.79 Å². The standard InChI is InChI=1S/C18H16N4OS/c19-14-11-15(20)22-18(21-14)24-17(13-9-5-2-6-10-13)16(23)12-7-3-1-4-8-12/h1-11,17H,(H4,19,20,21,22)/t17-/m0/s1. The van der Waals surface area contributed by atoms with Gasteiger partial charge in [-0.05, 0) is 5.56 Å². The molecule has 120 valence electrons. The molecule has 0 aliphatic heterocycles. The molecular weight excluding hydrogens is 320 g/mol. The number of hydrogen-bond acceptors (Lipinski definition) is 6. The molecule has 0 amide bonds. The van der Waals surface area contributed by atoms with Crippen molar-refractivity contribution in [2.75, 3.05) is 11.5 Å². The minimum atomic E-state index is -0.477. The highest BCUT2D eigenvalue weighted by Gasteiger charge is 2.24. The second-order valence-corrected chi connectivity index (χ2v) is 6.21. The number of nitrogen functional groups attached to an aromatic ring is 2. The number of aromatic nitrogens is 2. The highest BCUT2D eigenvalue weighted by atomic mass is 32.2. The molecule has 0 unspecified atom stereocenters. The fourth-order valence-electron chi connectivity index (χ4n) is 2.27. The summed E-state index contributed by atoms with van der Waals surface area (Å²) in [6, 6.07) is 20.2. The van der Waals surface area contributed by atoms with E-state index in [0.717, 1.165) is 5.56 Å². The summed E-state index contributed by atoms with van der Waals surface area (Å²) in [7, 11) is 0. The molecular formula is C18H16N4OS. The first-order chi connectivity index (χ1) is 11.6. The molecule has 5 nitrogen and oxygen atoms in total. The fourth-order valence-corrected chi connectivity index (χ4v) is 3.34. The molecule has 0 spiro atoms. The summed E-state index contributed by atoms with van der Waals surface area (Å²) in [6.07, 6.45) is 0. The van der Waals surface area contributed by atoms with Gasteiger partial charge < -0.3 is 11.5 Å². The lowest BCUT2D eigenvalue weighted by Crippen LogP contribution is -2.11. The van der Waals surface area contributed by atoms with Gasteiger partial charge in [-0.25, -0.2) is 9.97 Å². The Labute approximate surface area is 144 Å². The maximum atomic E-state index is 13.0. The number of carbonyl (C=O) groups is 1. The van der Waals surface area contributed by atoms with Gasteiger partial charge in [-0.1, -0.05) is 72.4 Å². The summed E-state index contributed by atoms with van der Waals surface area (Å²) in [5.74, 6) is 0.546. The zero-order chi connectivity index (χ0) is 16.9. The van der Waals surface area contributed by atoms with E-state index >= 15 is 0 Å². The van der Waals surface area contributed by atoms with Crippen molar-refractivity contribution in [2.45, 2.75) is 10.4 Å². The molecule has 0 saturated carbocycles. The fraction of sp³-hybridized carbons (Fsp3) is 0.0556. The second-order valence-electron chi connectivity index (χ2n) is 5.14. The van der Waals surface area contributed by atoms with Crippen LogP contribution in [0.4, 0.5) is 11.6 Å². The Balaban J connectivity index is 1.98. The van der Waals surface area contributed by atoms with E-state index in [0.29, 0.717) is 10.7 Å². The lowest BCUT2D eigenvalue weighted by Gasteiger charge is -2.15. The van der Waals surface area contributed by atoms with Gasteiger partial charge in [-0.15, -0.1) is 0 Å². The molecule has 0 bridgehead atoms. The van der Waals surface area contributed by atoms with Crippen LogP contribution in [0.3, 0.4) is 0 Å². The normalized spacial score (nSPS) is 11.8. The molecule has 4 N–H and O–H groups in total. The van der Waals surface area contributed by atoms with Crippen molar-refractivity contribution in [1.82, 2.24) is 9.97 Å². The van der Waals surface area contributed by atoms with Crippen LogP contribution < -0.4 is 11.5 Å². The van der Waals surface area contributed by atoms with E-state index in [1.807, 2.05) is 48.5 Å². The molecule has 3 aromatic rings. The molecule has 0 aliphatic rings. The predicted molar refractivity (Wildman–Crippen MR) is 96.7 cm³/mol. The largest absolute Gasteiger partial charge is 0.383 e. The summed E-state index contributed by atoms with van der Waals surface area (Å²) < 4.78 is 0. The molecule has 0 fully saturated rings. The number of carbonyl (C=O) groups excluding carboxylic acids is 1. The van der Waals surface area contributed by atoms with Crippen molar-refractivity contribution in [3.63, 3.8) is 0 Å². The van der Waals surface area contributed by atoms with Gasteiger partial charge in [0.05, 0.1) is 0 Å². The summed E-state index contributed by atoms with van der Waals surface area (Å²) in [5.41, 5.74) is 13.0. The Bertz CT molecular complexity index is 820. The van der Waals surface area contributed by atoms with Crippen LogP contribution in [0.2, 0.25) is 0 Å². The third kappa shape index (κ3) is 3.72. The van der Waals surface area contributed by atoms with Crippen molar-refractivity contribution in [3.8, 4) is 0 Å². The number of anilines is 2. The number of nitrogens with zero attached hydrogens (tertiary/aromatic N) is 2. The van der Waals surface area contributed by atoms with E-state index in [9.17, 15) is 4.79 Å². The van der Waals surface area contributed by atoms with Crippen LogP contribution in [-0.2, 0) is 0 Å². The quantitative estimate of drug-likeness (QED) is 0.421. The first-order valence-electron chi connectivity index (χ1n) is 7.34. The van der Waals surface area contributed by atoms with Gasteiger partial charge in [0.1, 0.15) is 16.9 Å². The van der Waals surface area contributed by atoms with Crippen LogP contribution in [0, 0.1) is 0 Å². The Morgan fingerprint density at radius 3 is 2.00 bits per heavy atom. The minimum Gasteiger partial charge on any atom is -0.383 e. The molecule has 24 heavy (non-hydrogen) atoms. The molecule has 2 aromatic carbocycles. The van der Waals surface area contributed by atoms with E-state index in [1.54, 1.807) is 12.1 Å². The number of thioether (sulfide) groups is 1. The van der Waals surface area contributed by atoms with Crippen molar-refractivity contribution in [3.05, 3.63) is 77.9 Å². The molecule has 6 heteroatoms. The molecule has 0 aliphatic carbocycles. The molecule has 1 atom stereocenters. The van der Waals surface area contributed by atoms with Gasteiger partial charge in [0.2, 0.25) is 0 Å². The van der Waals surface area contributed by atoms with Crippen LogP contribution in [0.1, 0.15) is 21.2 Å². The molecule has 1 heterocycles. The van der Waals surface area contributed by atoms with Crippen LogP contribution in [0.15, 0.2) is 71.9 Å². The van der Waals surface area contributed by atoms with E-state index < -0.39 is 5.25 Å². The number of ketones is 1. The van der Waals surface area contributed by atoms with Gasteiger partial charge in [0.15, 0.2) is 10.9 Å². The Kier molecular flexibility index (Phi) is 4.77. The number of Topliss-reactive ketones (excluding diaryl/α,β-unsaturated/α-hetero) is 1. The number of rotatable bonds is 5. The van der Waals surface area contributed by atoms with E-state index in [-0.39, 0.29) is 17.4 Å². The first-order valence-corrected chi connectivity index (χ1v) is 8.22. The SMILES string of the molecule is Nc1cc(N)nc(S[C@H](C(=O)c2ccccc2)c2ccccc2)n1. The molecule has 3 rings (SSSR count). The summed E-state index contributed by atoms with van der Waals surface area (Å²) in [5, 5.41) is -0.0968. The highest BCUT2D eigenvalue weighted by molar-refractivity contribution is 8.00. The smallest absolute Gasteiger partial charge is 0.192 e. The van der Waals surface area contributed by atoms with Crippen molar-refractivity contribution >= 4 is 29.2 Å². The zero-order valence-corrected chi connectivity index (χ0v) is 13.6. The van der Waals surface area contributed by atoms with Gasteiger partial charge in [0.25, 0.3) is 0 Å². The molecule has 1 aromatic heterocycles. The van der Waals surface area contributed by atoms with Crippen LogP contribution in [0.25, 0.3) is 0 Å². The number of hydrogen-bond donors (Lipinski definition) is 2. The van der Waals surface area contributed by atoms with Crippen molar-refractivity contribution in [2.24, 2.45) is 0 Å². The monoisotopic (exact) mass is 336 g/mol. The van der Waals surface area contributed by atoms with E-state index in [2.05, 4.69) is 9.97 Å². The summed E-state index contributed by atoms with van der Waals surface area (Å²) in [4.78, 5) is 21.3. The average molecular weight is 336 g/mol. The Hall–Kier alpha value is -2.86. The lowest BCUT2D eigenvalue weighted by atomic mass is 10.0. The average Bonchev–Trinajstić information content (AvgIpc) is 2.60. The Morgan fingerprint density at radius 1 is 0.875 bits per heavy atom. The zero-order valence-electron chi connectivity index (χ0n) is 12.8. The van der Waals surface area contributed by atoms with Crippen LogP contribution in [-0.4, -0.2) is 15.8 Å². The van der Waals surface area contributed by atoms with E-state index in [4.69, 9.17) is 11.5 Å². The maximum Gasteiger partial charge on any atom is 0.192 e. The highest BCUT2D eigenvalue weighted by Crippen LogP contribution is 2.36. The van der Waals surface area contributed by atoms with Gasteiger partial charge >= 0.3 is 0 Å². The van der Waals surface area contributed by atoms with Gasteiger partial charge in [-0.2, -0.15) is 0 Å². The first kappa shape index (κ1) is 16.0. The summed E-state index contributed by atoms with van der Waals surface area (Å²) >= 11 is 1.24. The van der Waals surface area contributed by atoms with Crippen molar-refractivity contribution < 1.29 is 4.79 Å². The lowest BCUT2D eigenvalue weighted by molar-refractivity contribution is 0.0989. The van der Waals surface area contributed by atoms with Gasteiger partial charge in [0, 0.05) is 11.6 Å². The molecule has 0 saturated heterocycles. The van der Waals surface area contributed by atoms with Crippen LogP contribution >= 0.6 is 11.8 Å². The van der Waals surface area contributed by atoms with Crippen LogP contribution in [0.5, 0.6) is 0 Å². The number of nitrogens with two attached hydrogens (primary N) is 2. The summed E-state index contributed by atoms with van der Waals surface area (Å²) in [6.45, 7) is 0. The third-order valence-electron chi connectivity index (χ3n) is 3.37. The maximum absolute atomic E-state index is 13.0. The molecule has 0 radical (unpaired) electrons. The second kappa shape index (κ2) is 7.14. The minimum absolute atomic E-state index is 0.0172. The number of benzene rings is 2. The topological polar surface area (TPSA) is 94.9 Å². The third-order valence-corrected chi connectivity index (χ3v) is 4.48. The van der Waals surface area contributed by atoms with E-state index in [1.165, 1.54) is 17.8 Å². The Morgan fingerprint density at radius 2 is 1.42 bits per heavy atom. The van der Waals surface area contributed by atoms with Crippen molar-refractivity contribution in [1.29, 1.82) is 0 Å². The predicted octanol–water partition coefficient (Wildman–Crippen LogP) is 3.36.